The van der Waals surface area contributed by atoms with Gasteiger partial charge in [-0.3, -0.25) is 4.79 Å². The number of carbonyl (C=O) groups excluding carboxylic acids is 1. The predicted octanol–water partition coefficient (Wildman–Crippen LogP) is 4.20. The number of carbonyl (C=O) groups is 1. The SMILES string of the molecule is O=CC1=Cc2cc(Cl)ccc2O[C@@H]1c1ccc(F)cc1. The first-order valence-corrected chi connectivity index (χ1v) is 6.43. The Labute approximate surface area is 120 Å². The Kier molecular flexibility index (Phi) is 3.28. The van der Waals surface area contributed by atoms with Crippen molar-refractivity contribution in [1.29, 1.82) is 0 Å². The highest BCUT2D eigenvalue weighted by atomic mass is 35.5. The molecule has 0 spiro atoms. The van der Waals surface area contributed by atoms with Crippen molar-refractivity contribution in [2.45, 2.75) is 6.10 Å². The summed E-state index contributed by atoms with van der Waals surface area (Å²) in [6, 6.07) is 11.1. The van der Waals surface area contributed by atoms with Gasteiger partial charge in [0, 0.05) is 16.2 Å². The molecule has 0 bridgehead atoms. The highest BCUT2D eigenvalue weighted by Gasteiger charge is 2.24. The Hall–Kier alpha value is -2.13. The maximum Gasteiger partial charge on any atom is 0.152 e. The molecule has 1 heterocycles. The first-order valence-electron chi connectivity index (χ1n) is 6.06. The normalized spacial score (nSPS) is 16.9. The summed E-state index contributed by atoms with van der Waals surface area (Å²) >= 11 is 5.92. The maximum atomic E-state index is 13.0. The molecule has 1 aliphatic rings. The largest absolute Gasteiger partial charge is 0.480 e. The van der Waals surface area contributed by atoms with E-state index in [4.69, 9.17) is 16.3 Å². The lowest BCUT2D eigenvalue weighted by atomic mass is 9.97. The van der Waals surface area contributed by atoms with E-state index in [1.54, 1.807) is 36.4 Å². The zero-order chi connectivity index (χ0) is 14.1. The summed E-state index contributed by atoms with van der Waals surface area (Å²) in [6.07, 6.45) is 1.96. The first kappa shape index (κ1) is 12.9. The molecule has 4 heteroatoms. The number of aldehydes is 1. The molecule has 2 aromatic carbocycles. The van der Waals surface area contributed by atoms with Gasteiger partial charge in [-0.15, -0.1) is 0 Å². The summed E-state index contributed by atoms with van der Waals surface area (Å²) in [4.78, 5) is 11.2. The van der Waals surface area contributed by atoms with Gasteiger partial charge in [-0.05, 0) is 42.0 Å². The molecule has 20 heavy (non-hydrogen) atoms. The minimum absolute atomic E-state index is 0.326. The monoisotopic (exact) mass is 288 g/mol. The molecule has 1 aliphatic heterocycles. The number of hydrogen-bond acceptors (Lipinski definition) is 2. The van der Waals surface area contributed by atoms with Crippen LogP contribution in [0, 0.1) is 5.82 Å². The minimum atomic E-state index is -0.526. The number of halogens is 2. The predicted molar refractivity (Wildman–Crippen MR) is 75.3 cm³/mol. The maximum absolute atomic E-state index is 13.0. The topological polar surface area (TPSA) is 26.3 Å². The van der Waals surface area contributed by atoms with Crippen LogP contribution in [0.15, 0.2) is 48.0 Å². The fourth-order valence-corrected chi connectivity index (χ4v) is 2.36. The molecule has 0 aliphatic carbocycles. The second-order valence-corrected chi connectivity index (χ2v) is 4.93. The fourth-order valence-electron chi connectivity index (χ4n) is 2.18. The van der Waals surface area contributed by atoms with Gasteiger partial charge in [0.15, 0.2) is 6.10 Å². The van der Waals surface area contributed by atoms with Gasteiger partial charge in [-0.25, -0.2) is 4.39 Å². The van der Waals surface area contributed by atoms with Crippen molar-refractivity contribution in [3.63, 3.8) is 0 Å². The Bertz CT molecular complexity index is 692. The van der Waals surface area contributed by atoms with Crippen molar-refractivity contribution < 1.29 is 13.9 Å². The van der Waals surface area contributed by atoms with Crippen LogP contribution < -0.4 is 4.74 Å². The summed E-state index contributed by atoms with van der Waals surface area (Å²) in [5, 5.41) is 0.578. The van der Waals surface area contributed by atoms with E-state index in [9.17, 15) is 9.18 Å². The summed E-state index contributed by atoms with van der Waals surface area (Å²) in [5.74, 6) is 0.322. The molecule has 0 aromatic heterocycles. The van der Waals surface area contributed by atoms with Crippen LogP contribution in [-0.2, 0) is 4.79 Å². The lowest BCUT2D eigenvalue weighted by molar-refractivity contribution is -0.105. The van der Waals surface area contributed by atoms with E-state index < -0.39 is 6.10 Å². The second-order valence-electron chi connectivity index (χ2n) is 4.49. The average molecular weight is 289 g/mol. The highest BCUT2D eigenvalue weighted by molar-refractivity contribution is 6.30. The van der Waals surface area contributed by atoms with Crippen LogP contribution in [0.3, 0.4) is 0 Å². The van der Waals surface area contributed by atoms with Crippen LogP contribution in [-0.4, -0.2) is 6.29 Å². The van der Waals surface area contributed by atoms with Gasteiger partial charge in [0.2, 0.25) is 0 Å². The van der Waals surface area contributed by atoms with Gasteiger partial charge in [0.05, 0.1) is 0 Å². The Balaban J connectivity index is 2.04. The van der Waals surface area contributed by atoms with Crippen LogP contribution in [0.1, 0.15) is 17.2 Å². The molecule has 0 N–H and O–H groups in total. The molecule has 0 amide bonds. The summed E-state index contributed by atoms with van der Waals surface area (Å²) in [6.45, 7) is 0. The van der Waals surface area contributed by atoms with Crippen LogP contribution >= 0.6 is 11.6 Å². The van der Waals surface area contributed by atoms with Crippen LogP contribution in [0.25, 0.3) is 6.08 Å². The molecule has 2 aromatic rings. The molecule has 1 atom stereocenters. The van der Waals surface area contributed by atoms with E-state index in [2.05, 4.69) is 0 Å². The average Bonchev–Trinajstić information content (AvgIpc) is 2.46. The van der Waals surface area contributed by atoms with E-state index in [1.165, 1.54) is 12.1 Å². The van der Waals surface area contributed by atoms with Crippen molar-refractivity contribution in [1.82, 2.24) is 0 Å². The van der Waals surface area contributed by atoms with Crippen molar-refractivity contribution in [3.05, 3.63) is 70.0 Å². The molecule has 0 radical (unpaired) electrons. The molecule has 3 rings (SSSR count). The van der Waals surface area contributed by atoms with Gasteiger partial charge in [-0.1, -0.05) is 23.7 Å². The molecular formula is C16H10ClFO2. The lowest BCUT2D eigenvalue weighted by Crippen LogP contribution is -2.15. The Morgan fingerprint density at radius 2 is 1.90 bits per heavy atom. The second kappa shape index (κ2) is 5.10. The van der Waals surface area contributed by atoms with Gasteiger partial charge in [0.1, 0.15) is 17.9 Å². The quantitative estimate of drug-likeness (QED) is 0.774. The third-order valence-electron chi connectivity index (χ3n) is 3.15. The molecular weight excluding hydrogens is 279 g/mol. The molecule has 0 saturated carbocycles. The third kappa shape index (κ3) is 2.32. The van der Waals surface area contributed by atoms with E-state index in [-0.39, 0.29) is 5.82 Å². The van der Waals surface area contributed by atoms with Crippen molar-refractivity contribution in [2.24, 2.45) is 0 Å². The fraction of sp³-hybridized carbons (Fsp3) is 0.0625. The zero-order valence-electron chi connectivity index (χ0n) is 10.3. The molecule has 0 fully saturated rings. The molecule has 100 valence electrons. The third-order valence-corrected chi connectivity index (χ3v) is 3.39. The lowest BCUT2D eigenvalue weighted by Gasteiger charge is -2.25. The molecule has 2 nitrogen and oxygen atoms in total. The molecule has 0 saturated heterocycles. The van der Waals surface area contributed by atoms with E-state index in [1.807, 2.05) is 0 Å². The number of hydrogen-bond donors (Lipinski definition) is 0. The van der Waals surface area contributed by atoms with Crippen LogP contribution in [0.2, 0.25) is 5.02 Å². The Morgan fingerprint density at radius 1 is 1.15 bits per heavy atom. The van der Waals surface area contributed by atoms with Crippen molar-refractivity contribution in [3.8, 4) is 5.75 Å². The number of ether oxygens (including phenoxy) is 1. The smallest absolute Gasteiger partial charge is 0.152 e. The summed E-state index contributed by atoms with van der Waals surface area (Å²) in [7, 11) is 0. The van der Waals surface area contributed by atoms with Crippen molar-refractivity contribution >= 4 is 24.0 Å². The standard InChI is InChI=1S/C16H10ClFO2/c17-13-3-6-15-11(8-13)7-12(9-19)16(20-15)10-1-4-14(18)5-2-10/h1-9,16H/t16-/m1/s1. The number of fused-ring (bicyclic) bond motifs is 1. The summed E-state index contributed by atoms with van der Waals surface area (Å²) in [5.41, 5.74) is 1.97. The van der Waals surface area contributed by atoms with Crippen LogP contribution in [0.5, 0.6) is 5.75 Å². The van der Waals surface area contributed by atoms with E-state index in [0.717, 1.165) is 17.4 Å². The van der Waals surface area contributed by atoms with Crippen molar-refractivity contribution in [2.75, 3.05) is 0 Å². The number of rotatable bonds is 2. The highest BCUT2D eigenvalue weighted by Crippen LogP contribution is 2.37. The van der Waals surface area contributed by atoms with E-state index >= 15 is 0 Å². The molecule has 0 unspecified atom stereocenters. The summed E-state index contributed by atoms with van der Waals surface area (Å²) < 4.78 is 18.8. The van der Waals surface area contributed by atoms with Gasteiger partial charge < -0.3 is 4.74 Å². The Morgan fingerprint density at radius 3 is 2.60 bits per heavy atom. The first-order chi connectivity index (χ1) is 9.67. The van der Waals surface area contributed by atoms with Gasteiger partial charge in [-0.2, -0.15) is 0 Å². The van der Waals surface area contributed by atoms with Gasteiger partial charge in [0.25, 0.3) is 0 Å². The van der Waals surface area contributed by atoms with Crippen LogP contribution in [0.4, 0.5) is 4.39 Å². The number of benzene rings is 2. The van der Waals surface area contributed by atoms with Gasteiger partial charge >= 0.3 is 0 Å². The zero-order valence-corrected chi connectivity index (χ0v) is 11.1. The van der Waals surface area contributed by atoms with E-state index in [0.29, 0.717) is 16.3 Å². The minimum Gasteiger partial charge on any atom is -0.480 e.